The second kappa shape index (κ2) is 6.10. The molecule has 19 heavy (non-hydrogen) atoms. The molecule has 0 aliphatic rings. The maximum absolute atomic E-state index is 5.35. The Bertz CT molecular complexity index is 538. The maximum atomic E-state index is 5.35. The molecular weight excluding hydrogens is 258 g/mol. The number of rotatable bonds is 5. The van der Waals surface area contributed by atoms with E-state index in [9.17, 15) is 0 Å². The number of anilines is 1. The van der Waals surface area contributed by atoms with Crippen molar-refractivity contribution in [1.82, 2.24) is 9.97 Å². The molecule has 0 saturated carbocycles. The van der Waals surface area contributed by atoms with Crippen LogP contribution in [0.1, 0.15) is 36.9 Å². The van der Waals surface area contributed by atoms with E-state index in [1.807, 2.05) is 26.1 Å². The van der Waals surface area contributed by atoms with Crippen LogP contribution in [0.15, 0.2) is 27.8 Å². The lowest BCUT2D eigenvalue weighted by Crippen LogP contribution is -2.06. The van der Waals surface area contributed by atoms with Crippen LogP contribution in [0, 0.1) is 6.92 Å². The van der Waals surface area contributed by atoms with Crippen LogP contribution in [0.4, 0.5) is 5.82 Å². The Labute approximate surface area is 118 Å². The number of aromatic nitrogens is 2. The van der Waals surface area contributed by atoms with Gasteiger partial charge in [-0.2, -0.15) is 0 Å². The van der Waals surface area contributed by atoms with Crippen molar-refractivity contribution >= 4 is 17.6 Å². The molecule has 0 radical (unpaired) electrons. The van der Waals surface area contributed by atoms with Crippen LogP contribution in [0.25, 0.3) is 0 Å². The monoisotopic (exact) mass is 277 g/mol. The van der Waals surface area contributed by atoms with E-state index in [4.69, 9.17) is 4.42 Å². The van der Waals surface area contributed by atoms with Gasteiger partial charge in [0.15, 0.2) is 0 Å². The standard InChI is InChI=1S/C14H19N3OS/c1-9(2)12-16-13(15-4)10(3)14(17-12)19-8-11-6-5-7-18-11/h5-7,9H,8H2,1-4H3,(H,15,16,17). The third-order valence-electron chi connectivity index (χ3n) is 2.80. The van der Waals surface area contributed by atoms with Crippen molar-refractivity contribution in [3.8, 4) is 0 Å². The summed E-state index contributed by atoms with van der Waals surface area (Å²) in [6.45, 7) is 6.25. The number of thioether (sulfide) groups is 1. The van der Waals surface area contributed by atoms with Crippen molar-refractivity contribution in [2.45, 2.75) is 37.5 Å². The largest absolute Gasteiger partial charge is 0.468 e. The molecule has 2 heterocycles. The molecule has 0 spiro atoms. The van der Waals surface area contributed by atoms with Crippen molar-refractivity contribution in [2.75, 3.05) is 12.4 Å². The highest BCUT2D eigenvalue weighted by Crippen LogP contribution is 2.29. The molecule has 5 heteroatoms. The lowest BCUT2D eigenvalue weighted by atomic mass is 10.2. The normalized spacial score (nSPS) is 11.0. The Balaban J connectivity index is 2.24. The number of hydrogen-bond donors (Lipinski definition) is 1. The van der Waals surface area contributed by atoms with E-state index < -0.39 is 0 Å². The van der Waals surface area contributed by atoms with Crippen LogP contribution in [0.5, 0.6) is 0 Å². The molecule has 0 bridgehead atoms. The highest BCUT2D eigenvalue weighted by atomic mass is 32.2. The van der Waals surface area contributed by atoms with E-state index in [1.54, 1.807) is 18.0 Å². The van der Waals surface area contributed by atoms with Gasteiger partial charge in [0.25, 0.3) is 0 Å². The Morgan fingerprint density at radius 2 is 2.16 bits per heavy atom. The fourth-order valence-electron chi connectivity index (χ4n) is 1.69. The molecule has 102 valence electrons. The fourth-order valence-corrected chi connectivity index (χ4v) is 2.60. The third-order valence-corrected chi connectivity index (χ3v) is 3.90. The molecular formula is C14H19N3OS. The molecule has 0 aliphatic heterocycles. The van der Waals surface area contributed by atoms with Crippen molar-refractivity contribution in [3.05, 3.63) is 35.5 Å². The molecule has 2 aromatic heterocycles. The molecule has 2 aromatic rings. The number of nitrogens with zero attached hydrogens (tertiary/aromatic N) is 2. The first-order valence-corrected chi connectivity index (χ1v) is 7.31. The van der Waals surface area contributed by atoms with Crippen LogP contribution in [0.2, 0.25) is 0 Å². The minimum absolute atomic E-state index is 0.315. The quantitative estimate of drug-likeness (QED) is 0.665. The second-order valence-corrected chi connectivity index (χ2v) is 5.60. The molecule has 0 amide bonds. The SMILES string of the molecule is CNc1nc(C(C)C)nc(SCc2ccco2)c1C. The average Bonchev–Trinajstić information content (AvgIpc) is 2.90. The van der Waals surface area contributed by atoms with E-state index >= 15 is 0 Å². The van der Waals surface area contributed by atoms with Crippen molar-refractivity contribution in [3.63, 3.8) is 0 Å². The molecule has 0 aliphatic carbocycles. The van der Waals surface area contributed by atoms with Gasteiger partial charge in [0.2, 0.25) is 0 Å². The topological polar surface area (TPSA) is 51.0 Å². The highest BCUT2D eigenvalue weighted by molar-refractivity contribution is 7.98. The zero-order valence-electron chi connectivity index (χ0n) is 11.7. The predicted octanol–water partition coefficient (Wildman–Crippen LogP) is 3.84. The van der Waals surface area contributed by atoms with Gasteiger partial charge in [-0.25, -0.2) is 9.97 Å². The zero-order valence-corrected chi connectivity index (χ0v) is 12.5. The Hall–Kier alpha value is -1.49. The minimum Gasteiger partial charge on any atom is -0.468 e. The van der Waals surface area contributed by atoms with Crippen molar-refractivity contribution in [2.24, 2.45) is 0 Å². The molecule has 1 N–H and O–H groups in total. The molecule has 0 atom stereocenters. The van der Waals surface area contributed by atoms with Crippen molar-refractivity contribution in [1.29, 1.82) is 0 Å². The molecule has 0 unspecified atom stereocenters. The van der Waals surface area contributed by atoms with Gasteiger partial charge in [-0.3, -0.25) is 0 Å². The Morgan fingerprint density at radius 1 is 1.37 bits per heavy atom. The van der Waals surface area contributed by atoms with Gasteiger partial charge < -0.3 is 9.73 Å². The third kappa shape index (κ3) is 3.29. The van der Waals surface area contributed by atoms with E-state index in [0.29, 0.717) is 5.92 Å². The zero-order chi connectivity index (χ0) is 13.8. The van der Waals surface area contributed by atoms with E-state index in [-0.39, 0.29) is 0 Å². The minimum atomic E-state index is 0.315. The number of furan rings is 1. The van der Waals surface area contributed by atoms with Gasteiger partial charge in [0.1, 0.15) is 22.4 Å². The predicted molar refractivity (Wildman–Crippen MR) is 78.7 cm³/mol. The Morgan fingerprint density at radius 3 is 2.74 bits per heavy atom. The first-order valence-electron chi connectivity index (χ1n) is 6.33. The first-order chi connectivity index (χ1) is 9.11. The van der Waals surface area contributed by atoms with E-state index in [0.717, 1.165) is 33.7 Å². The van der Waals surface area contributed by atoms with Crippen LogP contribution < -0.4 is 5.32 Å². The van der Waals surface area contributed by atoms with Gasteiger partial charge >= 0.3 is 0 Å². The highest BCUT2D eigenvalue weighted by Gasteiger charge is 2.13. The summed E-state index contributed by atoms with van der Waals surface area (Å²) in [5.41, 5.74) is 1.09. The van der Waals surface area contributed by atoms with Gasteiger partial charge in [0, 0.05) is 18.5 Å². The van der Waals surface area contributed by atoms with E-state index in [1.165, 1.54) is 0 Å². The van der Waals surface area contributed by atoms with Gasteiger partial charge in [-0.05, 0) is 19.1 Å². The Kier molecular flexibility index (Phi) is 4.47. The van der Waals surface area contributed by atoms with Crippen LogP contribution in [-0.2, 0) is 5.75 Å². The van der Waals surface area contributed by atoms with Crippen molar-refractivity contribution < 1.29 is 4.42 Å². The molecule has 0 saturated heterocycles. The molecule has 0 aromatic carbocycles. The van der Waals surface area contributed by atoms with Crippen LogP contribution in [0.3, 0.4) is 0 Å². The summed E-state index contributed by atoms with van der Waals surface area (Å²) in [6, 6.07) is 3.88. The average molecular weight is 277 g/mol. The molecule has 2 rings (SSSR count). The maximum Gasteiger partial charge on any atom is 0.134 e. The van der Waals surface area contributed by atoms with Gasteiger partial charge in [-0.1, -0.05) is 25.6 Å². The summed E-state index contributed by atoms with van der Waals surface area (Å²) in [6.07, 6.45) is 1.70. The fraction of sp³-hybridized carbons (Fsp3) is 0.429. The first kappa shape index (κ1) is 13.9. The number of nitrogens with one attached hydrogen (secondary N) is 1. The summed E-state index contributed by atoms with van der Waals surface area (Å²) in [7, 11) is 1.89. The molecule has 4 nitrogen and oxygen atoms in total. The molecule has 0 fully saturated rings. The lowest BCUT2D eigenvalue weighted by molar-refractivity contribution is 0.530. The summed E-state index contributed by atoms with van der Waals surface area (Å²) in [4.78, 5) is 9.19. The lowest BCUT2D eigenvalue weighted by Gasteiger charge is -2.13. The van der Waals surface area contributed by atoms with Crippen LogP contribution >= 0.6 is 11.8 Å². The smallest absolute Gasteiger partial charge is 0.134 e. The number of hydrogen-bond acceptors (Lipinski definition) is 5. The van der Waals surface area contributed by atoms with Gasteiger partial charge in [-0.15, -0.1) is 0 Å². The van der Waals surface area contributed by atoms with Gasteiger partial charge in [0.05, 0.1) is 12.0 Å². The summed E-state index contributed by atoms with van der Waals surface area (Å²) < 4.78 is 5.35. The summed E-state index contributed by atoms with van der Waals surface area (Å²) in [5, 5.41) is 4.15. The summed E-state index contributed by atoms with van der Waals surface area (Å²) >= 11 is 1.68. The summed E-state index contributed by atoms with van der Waals surface area (Å²) in [5.74, 6) is 3.83. The second-order valence-electron chi connectivity index (χ2n) is 4.63. The van der Waals surface area contributed by atoms with E-state index in [2.05, 4.69) is 29.1 Å². The van der Waals surface area contributed by atoms with Crippen LogP contribution in [-0.4, -0.2) is 17.0 Å².